The van der Waals surface area contributed by atoms with E-state index in [-0.39, 0.29) is 24.1 Å². The summed E-state index contributed by atoms with van der Waals surface area (Å²) in [6.07, 6.45) is 6.51. The Morgan fingerprint density at radius 3 is 2.50 bits per heavy atom. The molecule has 3 rings (SSSR count). The number of likely N-dealkylation sites (tertiary alicyclic amines) is 2. The van der Waals surface area contributed by atoms with Gasteiger partial charge in [0.25, 0.3) is 5.91 Å². The number of carbonyl (C=O) groups excluding carboxylic acids is 2. The summed E-state index contributed by atoms with van der Waals surface area (Å²) in [7, 11) is 0. The van der Waals surface area contributed by atoms with Crippen molar-refractivity contribution in [2.24, 2.45) is 0 Å². The van der Waals surface area contributed by atoms with Crippen LogP contribution < -0.4 is 0 Å². The Kier molecular flexibility index (Phi) is 7.45. The molecule has 1 aromatic rings. The van der Waals surface area contributed by atoms with Crippen LogP contribution in [0.4, 0.5) is 4.79 Å². The van der Waals surface area contributed by atoms with E-state index in [1.54, 1.807) is 4.90 Å². The van der Waals surface area contributed by atoms with Crippen molar-refractivity contribution in [2.45, 2.75) is 77.5 Å². The van der Waals surface area contributed by atoms with Gasteiger partial charge in [-0.2, -0.15) is 0 Å². The van der Waals surface area contributed by atoms with Gasteiger partial charge in [0.15, 0.2) is 0 Å². The lowest BCUT2D eigenvalue weighted by atomic mass is 10.0. The fraction of sp³-hybridized carbons (Fsp3) is 0.739. The van der Waals surface area contributed by atoms with Gasteiger partial charge >= 0.3 is 6.09 Å². The molecule has 0 aromatic carbocycles. The molecular weight excluding hydrogens is 382 g/mol. The minimum atomic E-state index is -0.485. The van der Waals surface area contributed by atoms with Gasteiger partial charge in [0.1, 0.15) is 11.3 Å². The van der Waals surface area contributed by atoms with E-state index < -0.39 is 5.60 Å². The number of carbonyl (C=O) groups is 2. The lowest BCUT2D eigenvalue weighted by Gasteiger charge is -2.36. The number of piperidine rings is 2. The summed E-state index contributed by atoms with van der Waals surface area (Å²) in [6, 6.07) is 4.08. The second-order valence-corrected chi connectivity index (χ2v) is 9.39. The van der Waals surface area contributed by atoms with Crippen molar-refractivity contribution in [3.8, 4) is 0 Å². The molecule has 0 aliphatic carbocycles. The summed E-state index contributed by atoms with van der Waals surface area (Å²) in [4.78, 5) is 29.3. The molecule has 2 amide bonds. The van der Waals surface area contributed by atoms with Gasteiger partial charge in [0.05, 0.1) is 6.10 Å². The highest BCUT2D eigenvalue weighted by Gasteiger charge is 2.31. The van der Waals surface area contributed by atoms with Crippen LogP contribution in [0, 0.1) is 0 Å². The molecule has 2 saturated heterocycles. The molecule has 2 aliphatic heterocycles. The zero-order chi connectivity index (χ0) is 21.7. The Hall–Kier alpha value is -2.02. The third-order valence-electron chi connectivity index (χ3n) is 5.73. The van der Waals surface area contributed by atoms with Crippen LogP contribution in [0.3, 0.4) is 0 Å². The van der Waals surface area contributed by atoms with Crippen LogP contribution in [0.15, 0.2) is 18.3 Å². The van der Waals surface area contributed by atoms with Gasteiger partial charge in [-0.3, -0.25) is 4.79 Å². The third-order valence-corrected chi connectivity index (χ3v) is 5.73. The summed E-state index contributed by atoms with van der Waals surface area (Å²) in [6.45, 7) is 11.2. The monoisotopic (exact) mass is 419 g/mol. The van der Waals surface area contributed by atoms with Crippen molar-refractivity contribution in [1.82, 2.24) is 14.4 Å². The molecule has 2 aliphatic rings. The minimum absolute atomic E-state index is 0.0828. The number of rotatable bonds is 5. The molecule has 2 fully saturated rings. The highest BCUT2D eigenvalue weighted by atomic mass is 16.6. The number of aromatic nitrogens is 1. The predicted molar refractivity (Wildman–Crippen MR) is 116 cm³/mol. The molecular formula is C23H37N3O4. The van der Waals surface area contributed by atoms with Crippen LogP contribution in [-0.2, 0) is 9.47 Å². The lowest BCUT2D eigenvalue weighted by Crippen LogP contribution is -2.45. The van der Waals surface area contributed by atoms with Crippen molar-refractivity contribution in [2.75, 3.05) is 32.8 Å². The highest BCUT2D eigenvalue weighted by Crippen LogP contribution is 2.27. The van der Waals surface area contributed by atoms with Crippen LogP contribution >= 0.6 is 0 Å². The standard InChI is InChI=1S/C23H37N3O4/c1-5-16-29-19-8-6-12-25(17-19)21(27)20-9-7-13-26(20)18-10-14-24(15-11-18)22(28)30-23(2,3)4/h7,9,13,18-19H,5-6,8,10-12,14-17H2,1-4H3. The largest absolute Gasteiger partial charge is 0.444 e. The number of amides is 2. The summed E-state index contributed by atoms with van der Waals surface area (Å²) in [5, 5.41) is 0. The Morgan fingerprint density at radius 1 is 1.10 bits per heavy atom. The Bertz CT molecular complexity index is 716. The summed E-state index contributed by atoms with van der Waals surface area (Å²) >= 11 is 0. The Labute approximate surface area is 180 Å². The Balaban J connectivity index is 1.59. The topological polar surface area (TPSA) is 64.0 Å². The molecule has 1 atom stereocenters. The summed E-state index contributed by atoms with van der Waals surface area (Å²) in [5.41, 5.74) is 0.253. The molecule has 30 heavy (non-hydrogen) atoms. The second-order valence-electron chi connectivity index (χ2n) is 9.39. The second kappa shape index (κ2) is 9.86. The molecule has 7 nitrogen and oxygen atoms in total. The zero-order valence-corrected chi connectivity index (χ0v) is 18.9. The molecule has 7 heteroatoms. The van der Waals surface area contributed by atoms with Gasteiger partial charge in [0.2, 0.25) is 0 Å². The normalized spacial score (nSPS) is 21.0. The third kappa shape index (κ3) is 5.78. The first kappa shape index (κ1) is 22.7. The quantitative estimate of drug-likeness (QED) is 0.721. The molecule has 1 aromatic heterocycles. The molecule has 1 unspecified atom stereocenters. The van der Waals surface area contributed by atoms with E-state index in [4.69, 9.17) is 9.47 Å². The fourth-order valence-corrected chi connectivity index (χ4v) is 4.25. The van der Waals surface area contributed by atoms with Crippen LogP contribution in [0.5, 0.6) is 0 Å². The predicted octanol–water partition coefficient (Wildman–Crippen LogP) is 4.09. The van der Waals surface area contributed by atoms with Crippen LogP contribution in [-0.4, -0.2) is 70.9 Å². The smallest absolute Gasteiger partial charge is 0.410 e. The molecule has 0 bridgehead atoms. The van der Waals surface area contributed by atoms with Crippen LogP contribution in [0.1, 0.15) is 76.3 Å². The van der Waals surface area contributed by atoms with Gasteiger partial charge in [-0.05, 0) is 65.0 Å². The maximum Gasteiger partial charge on any atom is 0.410 e. The van der Waals surface area contributed by atoms with E-state index in [0.717, 1.165) is 50.9 Å². The molecule has 0 saturated carbocycles. The Morgan fingerprint density at radius 2 is 1.83 bits per heavy atom. The van der Waals surface area contributed by atoms with E-state index in [2.05, 4.69) is 11.5 Å². The van der Waals surface area contributed by atoms with Crippen molar-refractivity contribution in [3.05, 3.63) is 24.0 Å². The molecule has 0 N–H and O–H groups in total. The molecule has 0 spiro atoms. The molecule has 0 radical (unpaired) electrons. The first-order chi connectivity index (χ1) is 14.3. The lowest BCUT2D eigenvalue weighted by molar-refractivity contribution is 0.00155. The van der Waals surface area contributed by atoms with E-state index in [1.807, 2.05) is 44.0 Å². The van der Waals surface area contributed by atoms with Crippen molar-refractivity contribution in [1.29, 1.82) is 0 Å². The zero-order valence-electron chi connectivity index (χ0n) is 18.9. The van der Waals surface area contributed by atoms with Gasteiger partial charge in [-0.25, -0.2) is 4.79 Å². The highest BCUT2D eigenvalue weighted by molar-refractivity contribution is 5.93. The SMILES string of the molecule is CCCOC1CCCN(C(=O)c2cccn2C2CCN(C(=O)OC(C)(C)C)CC2)C1. The van der Waals surface area contributed by atoms with Gasteiger partial charge < -0.3 is 23.8 Å². The van der Waals surface area contributed by atoms with Crippen molar-refractivity contribution < 1.29 is 19.1 Å². The van der Waals surface area contributed by atoms with Crippen LogP contribution in [0.25, 0.3) is 0 Å². The summed E-state index contributed by atoms with van der Waals surface area (Å²) < 4.78 is 13.5. The minimum Gasteiger partial charge on any atom is -0.444 e. The number of hydrogen-bond acceptors (Lipinski definition) is 4. The van der Waals surface area contributed by atoms with E-state index >= 15 is 0 Å². The van der Waals surface area contributed by atoms with Gasteiger partial charge in [0, 0.05) is 45.0 Å². The van der Waals surface area contributed by atoms with E-state index in [0.29, 0.717) is 19.6 Å². The average Bonchev–Trinajstić information content (AvgIpc) is 3.20. The van der Waals surface area contributed by atoms with Crippen LogP contribution in [0.2, 0.25) is 0 Å². The number of ether oxygens (including phenoxy) is 2. The van der Waals surface area contributed by atoms with E-state index in [9.17, 15) is 9.59 Å². The van der Waals surface area contributed by atoms with Gasteiger partial charge in [-0.15, -0.1) is 0 Å². The summed E-state index contributed by atoms with van der Waals surface area (Å²) in [5.74, 6) is 0.0828. The number of nitrogens with zero attached hydrogens (tertiary/aromatic N) is 3. The maximum absolute atomic E-state index is 13.2. The number of hydrogen-bond donors (Lipinski definition) is 0. The van der Waals surface area contributed by atoms with E-state index in [1.165, 1.54) is 0 Å². The fourth-order valence-electron chi connectivity index (χ4n) is 4.25. The maximum atomic E-state index is 13.2. The van der Waals surface area contributed by atoms with Crippen molar-refractivity contribution >= 4 is 12.0 Å². The average molecular weight is 420 g/mol. The first-order valence-corrected chi connectivity index (χ1v) is 11.3. The van der Waals surface area contributed by atoms with Crippen molar-refractivity contribution in [3.63, 3.8) is 0 Å². The van der Waals surface area contributed by atoms with Gasteiger partial charge in [-0.1, -0.05) is 6.92 Å². The molecule has 168 valence electrons. The first-order valence-electron chi connectivity index (χ1n) is 11.3. The molecule has 3 heterocycles.